The number of alkyl halides is 3. The monoisotopic (exact) mass is 302 g/mol. The van der Waals surface area contributed by atoms with Crippen molar-refractivity contribution in [3.63, 3.8) is 0 Å². The fraction of sp³-hybridized carbons (Fsp3) is 0.385. The summed E-state index contributed by atoms with van der Waals surface area (Å²) >= 11 is -0.207. The Balaban J connectivity index is 2.43. The van der Waals surface area contributed by atoms with Crippen LogP contribution >= 0.6 is 11.8 Å². The molecule has 3 nitrogen and oxygen atoms in total. The van der Waals surface area contributed by atoms with Crippen molar-refractivity contribution in [1.29, 1.82) is 5.26 Å². The second-order valence-electron chi connectivity index (χ2n) is 4.07. The zero-order valence-corrected chi connectivity index (χ0v) is 11.5. The maximum Gasteiger partial charge on any atom is 0.441 e. The number of rotatable bonds is 5. The number of hydrogen-bond acceptors (Lipinski definition) is 3. The highest BCUT2D eigenvalue weighted by atomic mass is 32.2. The summed E-state index contributed by atoms with van der Waals surface area (Å²) in [5, 5.41) is 11.3. The van der Waals surface area contributed by atoms with Gasteiger partial charge in [0.2, 0.25) is 5.91 Å². The molecule has 0 bridgehead atoms. The molecule has 1 aromatic carbocycles. The highest BCUT2D eigenvalue weighted by molar-refractivity contribution is 8.00. The van der Waals surface area contributed by atoms with Crippen molar-refractivity contribution < 1.29 is 18.0 Å². The first kappa shape index (κ1) is 16.4. The van der Waals surface area contributed by atoms with E-state index in [0.717, 1.165) is 5.56 Å². The summed E-state index contributed by atoms with van der Waals surface area (Å²) in [5.41, 5.74) is -3.01. The van der Waals surface area contributed by atoms with E-state index in [1.807, 2.05) is 6.07 Å². The molecule has 0 aliphatic rings. The van der Waals surface area contributed by atoms with Crippen molar-refractivity contribution in [1.82, 2.24) is 5.32 Å². The van der Waals surface area contributed by atoms with Gasteiger partial charge >= 0.3 is 5.51 Å². The van der Waals surface area contributed by atoms with Gasteiger partial charge in [-0.15, -0.1) is 0 Å². The smallest absolute Gasteiger partial charge is 0.350 e. The third-order valence-corrected chi connectivity index (χ3v) is 3.25. The lowest BCUT2D eigenvalue weighted by atomic mass is 10.1. The summed E-state index contributed by atoms with van der Waals surface area (Å²) in [7, 11) is 0. The molecule has 0 aliphatic heterocycles. The zero-order chi connectivity index (χ0) is 15.2. The van der Waals surface area contributed by atoms with Crippen LogP contribution in [0.15, 0.2) is 24.3 Å². The van der Waals surface area contributed by atoms with Crippen LogP contribution < -0.4 is 5.32 Å². The van der Waals surface area contributed by atoms with Crippen LogP contribution in [0.25, 0.3) is 0 Å². The Kier molecular flexibility index (Phi) is 5.89. The number of benzene rings is 1. The summed E-state index contributed by atoms with van der Waals surface area (Å²) in [6, 6.07) is 8.32. The second-order valence-corrected chi connectivity index (χ2v) is 5.23. The maximum absolute atomic E-state index is 11.9. The summed E-state index contributed by atoms with van der Waals surface area (Å²) in [4.78, 5) is 11.5. The van der Waals surface area contributed by atoms with Gasteiger partial charge < -0.3 is 5.32 Å². The van der Waals surface area contributed by atoms with Crippen LogP contribution in [0.1, 0.15) is 30.5 Å². The lowest BCUT2D eigenvalue weighted by Gasteiger charge is -2.14. The third-order valence-electron chi connectivity index (χ3n) is 2.51. The Bertz CT molecular complexity index is 494. The van der Waals surface area contributed by atoms with Gasteiger partial charge in [-0.05, 0) is 24.6 Å². The molecule has 108 valence electrons. The van der Waals surface area contributed by atoms with Crippen LogP contribution in [-0.2, 0) is 4.79 Å². The molecule has 20 heavy (non-hydrogen) atoms. The average Bonchev–Trinajstić information content (AvgIpc) is 2.37. The number of nitriles is 1. The number of nitrogens with zero attached hydrogens (tertiary/aromatic N) is 1. The van der Waals surface area contributed by atoms with Crippen LogP contribution in [0.5, 0.6) is 0 Å². The van der Waals surface area contributed by atoms with Gasteiger partial charge in [0.15, 0.2) is 0 Å². The molecule has 0 aromatic heterocycles. The molecule has 0 saturated carbocycles. The zero-order valence-electron chi connectivity index (χ0n) is 10.7. The molecule has 0 aliphatic carbocycles. The van der Waals surface area contributed by atoms with E-state index in [9.17, 15) is 18.0 Å². The Hall–Kier alpha value is -1.68. The largest absolute Gasteiger partial charge is 0.441 e. The van der Waals surface area contributed by atoms with Crippen molar-refractivity contribution >= 4 is 17.7 Å². The number of carbonyl (C=O) groups excluding carboxylic acids is 1. The van der Waals surface area contributed by atoms with Gasteiger partial charge in [-0.2, -0.15) is 18.4 Å². The van der Waals surface area contributed by atoms with Crippen LogP contribution in [0, 0.1) is 11.3 Å². The molecule has 1 atom stereocenters. The molecule has 7 heteroatoms. The second kappa shape index (κ2) is 7.20. The van der Waals surface area contributed by atoms with Gasteiger partial charge in [0, 0.05) is 12.2 Å². The molecule has 1 rings (SSSR count). The van der Waals surface area contributed by atoms with Gasteiger partial charge in [-0.1, -0.05) is 23.9 Å². The van der Waals surface area contributed by atoms with Crippen molar-refractivity contribution in [2.24, 2.45) is 0 Å². The van der Waals surface area contributed by atoms with E-state index in [1.165, 1.54) is 0 Å². The lowest BCUT2D eigenvalue weighted by Crippen LogP contribution is -2.27. The first-order chi connectivity index (χ1) is 9.31. The molecule has 1 unspecified atom stereocenters. The Morgan fingerprint density at radius 1 is 1.40 bits per heavy atom. The minimum atomic E-state index is -4.31. The first-order valence-electron chi connectivity index (χ1n) is 5.82. The van der Waals surface area contributed by atoms with Crippen molar-refractivity contribution in [3.05, 3.63) is 35.4 Å². The Morgan fingerprint density at radius 2 is 2.00 bits per heavy atom. The van der Waals surface area contributed by atoms with Gasteiger partial charge in [0.05, 0.1) is 17.7 Å². The minimum absolute atomic E-state index is 0.190. The number of thioether (sulfide) groups is 1. The summed E-state index contributed by atoms with van der Waals surface area (Å²) < 4.78 is 35.7. The number of halogens is 3. The van der Waals surface area contributed by atoms with Gasteiger partial charge in [-0.25, -0.2) is 0 Å². The fourth-order valence-corrected chi connectivity index (χ4v) is 2.02. The predicted molar refractivity (Wildman–Crippen MR) is 70.8 cm³/mol. The minimum Gasteiger partial charge on any atom is -0.350 e. The van der Waals surface area contributed by atoms with Crippen molar-refractivity contribution in [3.8, 4) is 6.07 Å². The van der Waals surface area contributed by atoms with Crippen LogP contribution in [0.2, 0.25) is 0 Å². The fourth-order valence-electron chi connectivity index (χ4n) is 1.50. The molecular weight excluding hydrogens is 289 g/mol. The molecule has 0 radical (unpaired) electrons. The van der Waals surface area contributed by atoms with Crippen LogP contribution in [0.4, 0.5) is 13.2 Å². The number of nitrogens with one attached hydrogen (secondary N) is 1. The van der Waals surface area contributed by atoms with E-state index < -0.39 is 11.4 Å². The normalized spacial score (nSPS) is 12.6. The predicted octanol–water partition coefficient (Wildman–Crippen LogP) is 3.38. The quantitative estimate of drug-likeness (QED) is 0.907. The van der Waals surface area contributed by atoms with E-state index in [-0.39, 0.29) is 30.0 Å². The average molecular weight is 302 g/mol. The number of hydrogen-bond donors (Lipinski definition) is 1. The summed E-state index contributed by atoms with van der Waals surface area (Å²) in [6.07, 6.45) is -0.190. The Morgan fingerprint density at radius 3 is 2.50 bits per heavy atom. The molecule has 1 N–H and O–H groups in total. The molecule has 0 fully saturated rings. The molecular formula is C13H13F3N2OS. The van der Waals surface area contributed by atoms with E-state index in [4.69, 9.17) is 5.26 Å². The molecule has 0 saturated heterocycles. The topological polar surface area (TPSA) is 52.9 Å². The van der Waals surface area contributed by atoms with Crippen LogP contribution in [0.3, 0.4) is 0 Å². The summed E-state index contributed by atoms with van der Waals surface area (Å²) in [5.74, 6) is -0.728. The van der Waals surface area contributed by atoms with Crippen LogP contribution in [-0.4, -0.2) is 17.2 Å². The molecule has 1 amide bonds. The highest BCUT2D eigenvalue weighted by Crippen LogP contribution is 2.30. The number of carbonyl (C=O) groups is 1. The van der Waals surface area contributed by atoms with Gasteiger partial charge in [0.1, 0.15) is 0 Å². The van der Waals surface area contributed by atoms with E-state index in [1.54, 1.807) is 31.2 Å². The molecule has 0 heterocycles. The van der Waals surface area contributed by atoms with E-state index >= 15 is 0 Å². The van der Waals surface area contributed by atoms with E-state index in [0.29, 0.717) is 5.56 Å². The number of amides is 1. The SMILES string of the molecule is CC(NC(=O)CCSC(F)(F)F)c1ccc(C#N)cc1. The Labute approximate surface area is 119 Å². The van der Waals surface area contributed by atoms with Gasteiger partial charge in [-0.3, -0.25) is 4.79 Å². The summed E-state index contributed by atoms with van der Waals surface area (Å²) in [6.45, 7) is 1.73. The maximum atomic E-state index is 11.9. The highest BCUT2D eigenvalue weighted by Gasteiger charge is 2.27. The first-order valence-corrected chi connectivity index (χ1v) is 6.80. The van der Waals surface area contributed by atoms with Crippen molar-refractivity contribution in [2.45, 2.75) is 24.9 Å². The van der Waals surface area contributed by atoms with Crippen molar-refractivity contribution in [2.75, 3.05) is 5.75 Å². The van der Waals surface area contributed by atoms with E-state index in [2.05, 4.69) is 5.32 Å². The lowest BCUT2D eigenvalue weighted by molar-refractivity contribution is -0.121. The molecule has 0 spiro atoms. The third kappa shape index (κ3) is 5.97. The standard InChI is InChI=1S/C13H13F3N2OS/c1-9(11-4-2-10(8-17)3-5-11)18-12(19)6-7-20-13(14,15)16/h2-5,9H,6-7H2,1H3,(H,18,19). The molecule has 1 aromatic rings. The van der Waals surface area contributed by atoms with Gasteiger partial charge in [0.25, 0.3) is 0 Å².